The van der Waals surface area contributed by atoms with Gasteiger partial charge in [-0.3, -0.25) is 28.8 Å². The summed E-state index contributed by atoms with van der Waals surface area (Å²) in [6, 6.07) is 13.6. The van der Waals surface area contributed by atoms with Crippen molar-refractivity contribution >= 4 is 64.1 Å². The number of likely N-dealkylation sites (N-methyl/N-ethyl adjacent to an activating group) is 3. The molecule has 0 spiro atoms. The highest BCUT2D eigenvalue weighted by Crippen LogP contribution is 2.42. The monoisotopic (exact) mass is 2080 g/mol. The molecular weight excluding hydrogens is 1920 g/mol. The molecule has 4 amide bonds. The number of fused-ring (bicyclic) bond motifs is 3. The van der Waals surface area contributed by atoms with Crippen LogP contribution in [0.5, 0.6) is 0 Å². The minimum absolute atomic E-state index is 0.0183. The van der Waals surface area contributed by atoms with E-state index in [4.69, 9.17) is 41.1 Å². The lowest BCUT2D eigenvalue weighted by atomic mass is 9.99. The Bertz CT molecular complexity index is 8200. The highest BCUT2D eigenvalue weighted by molar-refractivity contribution is 8.13. The molecule has 0 saturated heterocycles. The van der Waals surface area contributed by atoms with Crippen molar-refractivity contribution in [2.45, 2.75) is 191 Å². The van der Waals surface area contributed by atoms with Crippen molar-refractivity contribution < 1.29 is 120 Å². The third-order valence-corrected chi connectivity index (χ3v) is 26.2. The molecule has 144 heavy (non-hydrogen) atoms. The SMILES string of the molecule is [2H]C([2H])(C)N(CCN(C(=O)CN1C(SCc2ccc(F)cc2)=NC(=O)C2C1C([2H])([2H])C([2H])(C)C2([2H])[2H])C([2H])([2H])c1ccc(-c2ccc(C(F)(F)F)cc2)cc1)C([2H])([2H])C.[2H]C([2H])(C)N(CCN(C(=O)Cn1c(SCc2ccc(F)cc2)nc(=O)c2c1CCC2)C([2H])(C)c1ccc(-c2ccc(C(F)(F)F)cc2)cc1)C([2H])([2H])C.[2H]c1c([2H])c(CSc2nc(=O)c3c(n2CC(=O)N(CCN(CC)CC)C([2H])([2H])c2c([2H])c([2H])c(-c4c([2H])c([2H])c(C(F)(F)F)c([2H])c4[2H])c([2H])c2[2H])C([2H])([2H])C([2H])(C)C3([2H])[2H])c([2H])c([2H])c1F. The summed E-state index contributed by atoms with van der Waals surface area (Å²) in [6.45, 7) is -8.23. The van der Waals surface area contributed by atoms with E-state index in [0.717, 1.165) is 84.0 Å². The van der Waals surface area contributed by atoms with E-state index in [-0.39, 0.29) is 53.4 Å². The zero-order valence-corrected chi connectivity index (χ0v) is 81.6. The molecule has 0 radical (unpaired) electrons. The number of alkyl halides is 9. The number of hydrogen-bond donors (Lipinski definition) is 0. The van der Waals surface area contributed by atoms with E-state index in [1.165, 1.54) is 122 Å². The van der Waals surface area contributed by atoms with Gasteiger partial charge in [0.25, 0.3) is 17.0 Å². The Morgan fingerprint density at radius 1 is 0.451 bits per heavy atom. The van der Waals surface area contributed by atoms with Crippen molar-refractivity contribution in [1.29, 1.82) is 0 Å². The fraction of sp³-hybridized carbons (Fsp3) is 0.396. The van der Waals surface area contributed by atoms with Crippen LogP contribution in [0, 0.1) is 35.2 Å². The molecule has 3 aliphatic carbocycles. The first kappa shape index (κ1) is 71.0. The molecule has 33 heteroatoms. The Hall–Kier alpha value is -11.6. The van der Waals surface area contributed by atoms with Crippen LogP contribution in [0.3, 0.4) is 0 Å². The van der Waals surface area contributed by atoms with Crippen LogP contribution in [-0.2, 0) is 107 Å². The van der Waals surface area contributed by atoms with Gasteiger partial charge in [0.15, 0.2) is 15.5 Å². The Labute approximate surface area is 895 Å². The molecular formula is C111H122F12N12O6S3. The number of carbonyl (C=O) groups is 4. The number of carbonyl (C=O) groups excluding carboxylic acids is 4. The van der Waals surface area contributed by atoms with Gasteiger partial charge in [-0.15, -0.1) is 0 Å². The molecule has 5 unspecified atom stereocenters. The summed E-state index contributed by atoms with van der Waals surface area (Å²) in [6.07, 6.45) is -24.6. The lowest BCUT2D eigenvalue weighted by molar-refractivity contribution is -0.138. The van der Waals surface area contributed by atoms with E-state index in [2.05, 4.69) is 15.0 Å². The first-order valence-electron chi connectivity index (χ1n) is 62.5. The molecule has 3 heterocycles. The largest absolute Gasteiger partial charge is 0.416 e. The molecule has 4 aliphatic rings. The average Bonchev–Trinajstić information content (AvgIpc) is 1.52. The van der Waals surface area contributed by atoms with Crippen molar-refractivity contribution in [3.8, 4) is 33.4 Å². The smallest absolute Gasteiger partial charge is 0.338 e. The second-order valence-electron chi connectivity index (χ2n) is 32.5. The molecule has 18 nitrogen and oxygen atoms in total. The van der Waals surface area contributed by atoms with E-state index in [9.17, 15) is 88.3 Å². The lowest BCUT2D eigenvalue weighted by Gasteiger charge is -2.38. The number of amidine groups is 1. The maximum absolute atomic E-state index is 14.9. The Balaban J connectivity index is 0.000000220. The molecule has 0 bridgehead atoms. The van der Waals surface area contributed by atoms with Gasteiger partial charge in [0.2, 0.25) is 17.7 Å². The van der Waals surface area contributed by atoms with E-state index in [1.54, 1.807) is 59.7 Å². The zero-order chi connectivity index (χ0) is 134. The first-order chi connectivity index (χ1) is 82.2. The quantitative estimate of drug-likeness (QED) is 0.0203. The summed E-state index contributed by atoms with van der Waals surface area (Å²) in [5.74, 6) is -14.0. The van der Waals surface area contributed by atoms with Crippen LogP contribution >= 0.6 is 35.3 Å². The summed E-state index contributed by atoms with van der Waals surface area (Å²) >= 11 is 2.46. The third-order valence-electron chi connectivity index (χ3n) is 23.1. The molecule has 9 aromatic carbocycles. The van der Waals surface area contributed by atoms with Crippen molar-refractivity contribution in [3.63, 3.8) is 0 Å². The summed E-state index contributed by atoms with van der Waals surface area (Å²) < 4.78 is 466. The van der Waals surface area contributed by atoms with Crippen molar-refractivity contribution in [2.24, 2.45) is 22.7 Å². The summed E-state index contributed by atoms with van der Waals surface area (Å²) in [5.41, 5.74) is -6.48. The molecule has 0 N–H and O–H groups in total. The summed E-state index contributed by atoms with van der Waals surface area (Å²) in [5, 5.41) is -0.619. The van der Waals surface area contributed by atoms with Gasteiger partial charge in [0.05, 0.1) is 58.5 Å². The van der Waals surface area contributed by atoms with Crippen molar-refractivity contribution in [3.05, 3.63) is 329 Å². The van der Waals surface area contributed by atoms with Crippen molar-refractivity contribution in [1.82, 2.24) is 53.4 Å². The fourth-order valence-electron chi connectivity index (χ4n) is 15.4. The number of halogens is 12. The number of benzene rings is 9. The van der Waals surface area contributed by atoms with Crippen LogP contribution in [0.1, 0.15) is 208 Å². The zero-order valence-electron chi connectivity index (χ0n) is 114. The molecule has 11 aromatic rings. The summed E-state index contributed by atoms with van der Waals surface area (Å²) in [4.78, 5) is 103. The van der Waals surface area contributed by atoms with Gasteiger partial charge in [-0.1, -0.05) is 236 Å². The number of nitrogens with zero attached hydrogens (tertiary/aromatic N) is 12. The normalized spacial score (nSPS) is 22.5. The van der Waals surface area contributed by atoms with E-state index < -0.39 is 326 Å². The van der Waals surface area contributed by atoms with Gasteiger partial charge in [0, 0.05) is 123 Å². The van der Waals surface area contributed by atoms with Crippen LogP contribution in [0.25, 0.3) is 33.4 Å². The number of aromatic nitrogens is 4. The minimum Gasteiger partial charge on any atom is -0.338 e. The van der Waals surface area contributed by atoms with Crippen LogP contribution in [0.15, 0.2) is 243 Å². The predicted molar refractivity (Wildman–Crippen MR) is 545 cm³/mol. The second-order valence-corrected chi connectivity index (χ2v) is 35.4. The Kier molecular flexibility index (Phi) is 24.9. The second kappa shape index (κ2) is 50.5. The van der Waals surface area contributed by atoms with Gasteiger partial charge in [0.1, 0.15) is 30.5 Å². The van der Waals surface area contributed by atoms with Crippen LogP contribution in [-0.4, -0.2) is 173 Å². The number of amides is 4. The maximum Gasteiger partial charge on any atom is 0.416 e. The number of thioether (sulfide) groups is 3. The van der Waals surface area contributed by atoms with E-state index in [0.29, 0.717) is 109 Å². The molecule has 2 aromatic heterocycles. The lowest BCUT2D eigenvalue weighted by Crippen LogP contribution is -2.52. The standard InChI is InChI=1S/C37H42F4N4O2S.2C37H40F4N4O2S/c2*1-4-43(5-2)18-19-44(22-26-6-10-28(11-7-26)29-12-14-30(15-13-29)37(39,40)41)34(46)23-45-33-21-25(3)20-32(33)35(47)42-36(45)48-24-27-8-16-31(38)17-9-27;1-4-43(5-2)21-22-44(25(3)27-11-13-28(14-12-27)29-15-17-30(18-16-29)37(39,40)41)34(46)23-45-33-8-6-7-32(33)35(47)42-36(45)48-24-26-9-19-31(38)20-10-26/h6-17,25,32-33H,4-5,18-24H2,1-3H3;6-17,25H,4-5,18-24H2,1-3H3;9-20,25H,4-8,21-24H2,1-3H3/i4D2,5D2,20D2,21D2,22D2,25D;6D,7D,8D,9D,10D,11D,12D,13D,14D,15D,16D,17D,20D2,21D2,22D2,25D;4D2,5D2,25D. The number of aliphatic imine (C=N–C) groups is 1. The summed E-state index contributed by atoms with van der Waals surface area (Å²) in [7, 11) is 0. The van der Waals surface area contributed by atoms with Gasteiger partial charge in [-0.25, -0.2) is 13.2 Å². The topological polar surface area (TPSA) is 173 Å². The Morgan fingerprint density at radius 2 is 0.882 bits per heavy atom. The highest BCUT2D eigenvalue weighted by Gasteiger charge is 2.46. The first-order valence-corrected chi connectivity index (χ1v) is 48.0. The van der Waals surface area contributed by atoms with Gasteiger partial charge in [-0.05, 0) is 242 Å². The molecule has 1 fully saturated rings. The van der Waals surface area contributed by atoms with Crippen LogP contribution < -0.4 is 11.1 Å². The average molecular weight is 2080 g/mol. The van der Waals surface area contributed by atoms with Gasteiger partial charge >= 0.3 is 18.5 Å². The molecule has 5 atom stereocenters. The highest BCUT2D eigenvalue weighted by atomic mass is 32.2. The molecule has 764 valence electrons. The maximum atomic E-state index is 14.9. The van der Waals surface area contributed by atoms with Gasteiger partial charge in [-0.2, -0.15) is 54.5 Å². The van der Waals surface area contributed by atoms with E-state index >= 15 is 0 Å². The minimum atomic E-state index is -5.38. The predicted octanol–water partition coefficient (Wildman–Crippen LogP) is 23.0. The Morgan fingerprint density at radius 3 is 1.39 bits per heavy atom. The van der Waals surface area contributed by atoms with Crippen molar-refractivity contribution in [2.75, 3.05) is 84.9 Å². The van der Waals surface area contributed by atoms with Gasteiger partial charge < -0.3 is 43.4 Å². The molecule has 15 rings (SSSR count). The molecule has 1 aliphatic heterocycles. The molecule has 1 saturated carbocycles. The number of rotatable bonds is 38. The van der Waals surface area contributed by atoms with Crippen LogP contribution in [0.2, 0.25) is 0 Å². The van der Waals surface area contributed by atoms with Crippen LogP contribution in [0.4, 0.5) is 52.7 Å². The number of hydrogen-bond acceptors (Lipinski definition) is 15. The third kappa shape index (κ3) is 29.4. The fourth-order valence-corrected chi connectivity index (χ4v) is 18.2. The van der Waals surface area contributed by atoms with E-state index in [1.807, 2.05) is 0 Å².